The third kappa shape index (κ3) is 4.33. The fourth-order valence-electron chi connectivity index (χ4n) is 3.58. The van der Waals surface area contributed by atoms with Crippen LogP contribution in [0.2, 0.25) is 0 Å². The molecule has 1 unspecified atom stereocenters. The molecule has 1 aromatic carbocycles. The minimum atomic E-state index is -0.864. The molecule has 0 aliphatic carbocycles. The zero-order valence-corrected chi connectivity index (χ0v) is 14.8. The van der Waals surface area contributed by atoms with Gasteiger partial charge in [0.05, 0.1) is 5.92 Å². The first-order chi connectivity index (χ1) is 12.5. The Morgan fingerprint density at radius 2 is 1.73 bits per heavy atom. The van der Waals surface area contributed by atoms with Crippen molar-refractivity contribution in [2.75, 3.05) is 31.5 Å². The SMILES string of the molecule is O=C(O)C1CCCN(C(=O)Nc2cccc(C(=O)N3CCCCC3)c2)C1. The predicted octanol–water partition coefficient (Wildman–Crippen LogP) is 2.64. The number of piperidine rings is 2. The molecule has 1 aromatic rings. The van der Waals surface area contributed by atoms with Gasteiger partial charge in [0.1, 0.15) is 0 Å². The number of hydrogen-bond donors (Lipinski definition) is 2. The number of carbonyl (C=O) groups excluding carboxylic acids is 2. The van der Waals surface area contributed by atoms with Crippen LogP contribution >= 0.6 is 0 Å². The van der Waals surface area contributed by atoms with Gasteiger partial charge in [-0.2, -0.15) is 0 Å². The molecule has 0 saturated carbocycles. The van der Waals surface area contributed by atoms with Crippen LogP contribution in [0.5, 0.6) is 0 Å². The summed E-state index contributed by atoms with van der Waals surface area (Å²) in [6.07, 6.45) is 4.49. The molecule has 2 aliphatic heterocycles. The number of rotatable bonds is 3. The van der Waals surface area contributed by atoms with Crippen molar-refractivity contribution < 1.29 is 19.5 Å². The zero-order valence-electron chi connectivity index (χ0n) is 14.8. The highest BCUT2D eigenvalue weighted by Gasteiger charge is 2.28. The van der Waals surface area contributed by atoms with Crippen molar-refractivity contribution in [3.8, 4) is 0 Å². The largest absolute Gasteiger partial charge is 0.481 e. The summed E-state index contributed by atoms with van der Waals surface area (Å²) in [7, 11) is 0. The second kappa shape index (κ2) is 8.21. The Morgan fingerprint density at radius 3 is 2.46 bits per heavy atom. The van der Waals surface area contributed by atoms with E-state index in [2.05, 4.69) is 5.32 Å². The maximum atomic E-state index is 12.6. The molecule has 2 saturated heterocycles. The number of urea groups is 1. The Morgan fingerprint density at radius 1 is 1.00 bits per heavy atom. The molecular weight excluding hydrogens is 334 g/mol. The Balaban J connectivity index is 1.63. The number of likely N-dealkylation sites (tertiary alicyclic amines) is 2. The minimum absolute atomic E-state index is 0.00953. The molecular formula is C19H25N3O4. The Labute approximate surface area is 153 Å². The van der Waals surface area contributed by atoms with E-state index in [0.29, 0.717) is 30.6 Å². The minimum Gasteiger partial charge on any atom is -0.481 e. The summed E-state index contributed by atoms with van der Waals surface area (Å²) < 4.78 is 0. The van der Waals surface area contributed by atoms with E-state index in [-0.39, 0.29) is 18.5 Å². The molecule has 2 fully saturated rings. The lowest BCUT2D eigenvalue weighted by molar-refractivity contribution is -0.143. The second-order valence-electron chi connectivity index (χ2n) is 6.99. The molecule has 26 heavy (non-hydrogen) atoms. The van der Waals surface area contributed by atoms with Crippen molar-refractivity contribution in [3.05, 3.63) is 29.8 Å². The van der Waals surface area contributed by atoms with Crippen LogP contribution in [0.1, 0.15) is 42.5 Å². The topological polar surface area (TPSA) is 90.0 Å². The number of aliphatic carboxylic acids is 1. The van der Waals surface area contributed by atoms with Gasteiger partial charge >= 0.3 is 12.0 Å². The monoisotopic (exact) mass is 359 g/mol. The highest BCUT2D eigenvalue weighted by molar-refractivity contribution is 5.97. The molecule has 140 valence electrons. The van der Waals surface area contributed by atoms with E-state index in [1.807, 2.05) is 4.90 Å². The number of anilines is 1. The number of nitrogens with zero attached hydrogens (tertiary/aromatic N) is 2. The Hall–Kier alpha value is -2.57. The lowest BCUT2D eigenvalue weighted by atomic mass is 9.99. The van der Waals surface area contributed by atoms with Gasteiger partial charge in [0.25, 0.3) is 5.91 Å². The molecule has 3 amide bonds. The molecule has 1 atom stereocenters. The molecule has 7 heteroatoms. The third-order valence-electron chi connectivity index (χ3n) is 5.06. The van der Waals surface area contributed by atoms with Crippen LogP contribution in [0.4, 0.5) is 10.5 Å². The normalized spacial score (nSPS) is 20.5. The number of carboxylic acid groups (broad SMARTS) is 1. The summed E-state index contributed by atoms with van der Waals surface area (Å²) in [6.45, 7) is 2.31. The maximum Gasteiger partial charge on any atom is 0.321 e. The molecule has 0 bridgehead atoms. The quantitative estimate of drug-likeness (QED) is 0.868. The van der Waals surface area contributed by atoms with Crippen LogP contribution in [0.3, 0.4) is 0 Å². The first-order valence-corrected chi connectivity index (χ1v) is 9.22. The number of carbonyl (C=O) groups is 3. The first-order valence-electron chi connectivity index (χ1n) is 9.22. The fraction of sp³-hybridized carbons (Fsp3) is 0.526. The van der Waals surface area contributed by atoms with E-state index in [4.69, 9.17) is 5.11 Å². The molecule has 7 nitrogen and oxygen atoms in total. The van der Waals surface area contributed by atoms with Gasteiger partial charge in [-0.05, 0) is 50.3 Å². The van der Waals surface area contributed by atoms with Crippen molar-refractivity contribution >= 4 is 23.6 Å². The van der Waals surface area contributed by atoms with E-state index in [0.717, 1.165) is 32.4 Å². The van der Waals surface area contributed by atoms with Crippen molar-refractivity contribution in [2.24, 2.45) is 5.92 Å². The Kier molecular flexibility index (Phi) is 5.75. The average Bonchev–Trinajstić information content (AvgIpc) is 2.68. The maximum absolute atomic E-state index is 12.6. The summed E-state index contributed by atoms with van der Waals surface area (Å²) in [5.41, 5.74) is 1.11. The molecule has 2 N–H and O–H groups in total. The van der Waals surface area contributed by atoms with E-state index < -0.39 is 11.9 Å². The van der Waals surface area contributed by atoms with Gasteiger partial charge in [-0.1, -0.05) is 6.07 Å². The van der Waals surface area contributed by atoms with Gasteiger partial charge in [0.15, 0.2) is 0 Å². The lowest BCUT2D eigenvalue weighted by Crippen LogP contribution is -2.44. The first kappa shape index (κ1) is 18.2. The number of amides is 3. The zero-order chi connectivity index (χ0) is 18.5. The Bertz CT molecular complexity index is 685. The molecule has 2 aliphatic rings. The van der Waals surface area contributed by atoms with Gasteiger partial charge in [-0.3, -0.25) is 9.59 Å². The summed E-state index contributed by atoms with van der Waals surface area (Å²) >= 11 is 0. The molecule has 0 aromatic heterocycles. The fourth-order valence-corrected chi connectivity index (χ4v) is 3.58. The van der Waals surface area contributed by atoms with Crippen LogP contribution in [0.25, 0.3) is 0 Å². The summed E-state index contributed by atoms with van der Waals surface area (Å²) in [5.74, 6) is -1.39. The van der Waals surface area contributed by atoms with E-state index >= 15 is 0 Å². The van der Waals surface area contributed by atoms with Crippen LogP contribution in [0.15, 0.2) is 24.3 Å². The molecule has 2 heterocycles. The van der Waals surface area contributed by atoms with Gasteiger partial charge < -0.3 is 20.2 Å². The summed E-state index contributed by atoms with van der Waals surface area (Å²) in [4.78, 5) is 39.6. The van der Waals surface area contributed by atoms with Gasteiger partial charge in [0.2, 0.25) is 0 Å². The summed E-state index contributed by atoms with van der Waals surface area (Å²) in [6, 6.07) is 6.62. The van der Waals surface area contributed by atoms with Gasteiger partial charge in [-0.25, -0.2) is 4.79 Å². The van der Waals surface area contributed by atoms with Crippen LogP contribution in [-0.4, -0.2) is 59.0 Å². The standard InChI is InChI=1S/C19H25N3O4/c23-17(21-9-2-1-3-10-21)14-6-4-8-16(12-14)20-19(26)22-11-5-7-15(13-22)18(24)25/h4,6,8,12,15H,1-3,5,7,9-11,13H2,(H,20,26)(H,24,25). The smallest absolute Gasteiger partial charge is 0.321 e. The highest BCUT2D eigenvalue weighted by atomic mass is 16.4. The molecule has 0 spiro atoms. The van der Waals surface area contributed by atoms with E-state index in [9.17, 15) is 14.4 Å². The summed E-state index contributed by atoms with van der Waals surface area (Å²) in [5, 5.41) is 11.9. The third-order valence-corrected chi connectivity index (χ3v) is 5.06. The molecule has 0 radical (unpaired) electrons. The number of nitrogens with one attached hydrogen (secondary N) is 1. The average molecular weight is 359 g/mol. The highest BCUT2D eigenvalue weighted by Crippen LogP contribution is 2.20. The molecule has 3 rings (SSSR count). The van der Waals surface area contributed by atoms with Crippen molar-refractivity contribution in [3.63, 3.8) is 0 Å². The predicted molar refractivity (Wildman–Crippen MR) is 97.1 cm³/mol. The van der Waals surface area contributed by atoms with E-state index in [1.165, 1.54) is 4.90 Å². The van der Waals surface area contributed by atoms with Crippen LogP contribution in [0, 0.1) is 5.92 Å². The van der Waals surface area contributed by atoms with Crippen LogP contribution < -0.4 is 5.32 Å². The van der Waals surface area contributed by atoms with Gasteiger partial charge in [0, 0.05) is 37.4 Å². The van der Waals surface area contributed by atoms with Crippen molar-refractivity contribution in [1.29, 1.82) is 0 Å². The van der Waals surface area contributed by atoms with Crippen LogP contribution in [-0.2, 0) is 4.79 Å². The number of hydrogen-bond acceptors (Lipinski definition) is 3. The van der Waals surface area contributed by atoms with Crippen molar-refractivity contribution in [1.82, 2.24) is 9.80 Å². The van der Waals surface area contributed by atoms with E-state index in [1.54, 1.807) is 24.3 Å². The number of carboxylic acids is 1. The lowest BCUT2D eigenvalue weighted by Gasteiger charge is -2.30. The van der Waals surface area contributed by atoms with Gasteiger partial charge in [-0.15, -0.1) is 0 Å². The second-order valence-corrected chi connectivity index (χ2v) is 6.99. The van der Waals surface area contributed by atoms with Crippen molar-refractivity contribution in [2.45, 2.75) is 32.1 Å². The number of benzene rings is 1.